The summed E-state index contributed by atoms with van der Waals surface area (Å²) < 4.78 is 9.07. The van der Waals surface area contributed by atoms with Crippen molar-refractivity contribution >= 4 is 23.6 Å². The molecule has 0 spiro atoms. The fourth-order valence-electron chi connectivity index (χ4n) is 1.18. The smallest absolute Gasteiger partial charge is 0.325 e. The molecule has 18 heavy (non-hydrogen) atoms. The van der Waals surface area contributed by atoms with Gasteiger partial charge in [0.25, 0.3) is 0 Å². The van der Waals surface area contributed by atoms with E-state index in [0.717, 1.165) is 0 Å². The predicted molar refractivity (Wildman–Crippen MR) is 62.7 cm³/mol. The number of hydrogen-bond acceptors (Lipinski definition) is 8. The summed E-state index contributed by atoms with van der Waals surface area (Å²) in [7, 11) is 2.51. The van der Waals surface area contributed by atoms with Gasteiger partial charge in [0, 0.05) is 0 Å². The first-order valence-electron chi connectivity index (χ1n) is 5.03. The molecule has 0 amide bonds. The van der Waals surface area contributed by atoms with E-state index in [2.05, 4.69) is 19.4 Å². The molecule has 1 heterocycles. The molecule has 0 atom stereocenters. The van der Waals surface area contributed by atoms with Crippen LogP contribution in [0, 0.1) is 0 Å². The van der Waals surface area contributed by atoms with E-state index in [1.54, 1.807) is 0 Å². The van der Waals surface area contributed by atoms with Crippen LogP contribution in [0.15, 0.2) is 12.4 Å². The number of carbonyl (C=O) groups is 2. The third-order valence-corrected chi connectivity index (χ3v) is 2.06. The van der Waals surface area contributed by atoms with Crippen LogP contribution in [0.1, 0.15) is 0 Å². The molecule has 8 nitrogen and oxygen atoms in total. The first kappa shape index (κ1) is 13.7. The summed E-state index contributed by atoms with van der Waals surface area (Å²) in [6.07, 6.45) is 2.75. The van der Waals surface area contributed by atoms with Crippen LogP contribution in [0.5, 0.6) is 0 Å². The van der Waals surface area contributed by atoms with Crippen LogP contribution in [-0.2, 0) is 19.1 Å². The van der Waals surface area contributed by atoms with Crippen LogP contribution in [0.4, 0.5) is 11.6 Å². The van der Waals surface area contributed by atoms with Crippen LogP contribution in [0.3, 0.4) is 0 Å². The number of rotatable bonds is 5. The normalized spacial score (nSPS) is 9.67. The number of anilines is 2. The first-order chi connectivity index (χ1) is 8.56. The van der Waals surface area contributed by atoms with Crippen molar-refractivity contribution < 1.29 is 19.1 Å². The van der Waals surface area contributed by atoms with Gasteiger partial charge in [0.15, 0.2) is 5.82 Å². The molecule has 8 heteroatoms. The largest absolute Gasteiger partial charge is 0.468 e. The Morgan fingerprint density at radius 3 is 2.22 bits per heavy atom. The lowest BCUT2D eigenvalue weighted by molar-refractivity contribution is -0.140. The quantitative estimate of drug-likeness (QED) is 0.681. The molecule has 0 aliphatic heterocycles. The van der Waals surface area contributed by atoms with Crippen LogP contribution < -0.4 is 10.6 Å². The Bertz CT molecular complexity index is 420. The summed E-state index contributed by atoms with van der Waals surface area (Å²) in [5.74, 6) is -0.538. The zero-order valence-electron chi connectivity index (χ0n) is 10.1. The highest BCUT2D eigenvalue weighted by molar-refractivity contribution is 5.80. The van der Waals surface area contributed by atoms with Crippen LogP contribution in [-0.4, -0.2) is 49.2 Å². The summed E-state index contributed by atoms with van der Waals surface area (Å²) in [6.45, 7) is -0.298. The van der Waals surface area contributed by atoms with Gasteiger partial charge in [-0.25, -0.2) is 4.98 Å². The molecule has 98 valence electrons. The Morgan fingerprint density at radius 1 is 1.22 bits per heavy atom. The van der Waals surface area contributed by atoms with Crippen molar-refractivity contribution in [2.45, 2.75) is 0 Å². The number of esters is 2. The Morgan fingerprint density at radius 2 is 1.78 bits per heavy atom. The Balaban J connectivity index is 2.88. The fraction of sp³-hybridized carbons (Fsp3) is 0.400. The lowest BCUT2D eigenvalue weighted by atomic mass is 10.4. The highest BCUT2D eigenvalue weighted by Gasteiger charge is 2.17. The van der Waals surface area contributed by atoms with Crippen molar-refractivity contribution in [3.05, 3.63) is 12.4 Å². The van der Waals surface area contributed by atoms with Gasteiger partial charge in [-0.1, -0.05) is 0 Å². The molecule has 0 aliphatic rings. The zero-order chi connectivity index (χ0) is 13.5. The van der Waals surface area contributed by atoms with Crippen molar-refractivity contribution in [3.63, 3.8) is 0 Å². The van der Waals surface area contributed by atoms with Crippen LogP contribution in [0.25, 0.3) is 0 Å². The molecule has 1 aromatic rings. The van der Waals surface area contributed by atoms with Gasteiger partial charge in [0.2, 0.25) is 0 Å². The zero-order valence-corrected chi connectivity index (χ0v) is 10.1. The summed E-state index contributed by atoms with van der Waals surface area (Å²) in [5, 5.41) is 0. The average molecular weight is 254 g/mol. The van der Waals surface area contributed by atoms with Crippen molar-refractivity contribution in [2.24, 2.45) is 0 Å². The molecule has 0 aromatic carbocycles. The van der Waals surface area contributed by atoms with E-state index in [4.69, 9.17) is 5.73 Å². The predicted octanol–water partition coefficient (Wildman–Crippen LogP) is -0.789. The first-order valence-corrected chi connectivity index (χ1v) is 5.03. The van der Waals surface area contributed by atoms with E-state index >= 15 is 0 Å². The molecule has 1 aromatic heterocycles. The minimum Gasteiger partial charge on any atom is -0.468 e. The molecule has 0 bridgehead atoms. The Kier molecular flexibility index (Phi) is 4.85. The van der Waals surface area contributed by atoms with Gasteiger partial charge >= 0.3 is 11.9 Å². The highest BCUT2D eigenvalue weighted by atomic mass is 16.5. The lowest BCUT2D eigenvalue weighted by Crippen LogP contribution is -2.36. The van der Waals surface area contributed by atoms with Crippen molar-refractivity contribution in [1.29, 1.82) is 0 Å². The van der Waals surface area contributed by atoms with E-state index in [1.165, 1.54) is 31.5 Å². The Hall–Kier alpha value is -2.38. The van der Waals surface area contributed by atoms with E-state index < -0.39 is 11.9 Å². The molecule has 0 aliphatic carbocycles. The van der Waals surface area contributed by atoms with Crippen LogP contribution >= 0.6 is 0 Å². The second kappa shape index (κ2) is 6.38. The number of carbonyl (C=O) groups excluding carboxylic acids is 2. The minimum absolute atomic E-state index is 0.149. The lowest BCUT2D eigenvalue weighted by Gasteiger charge is -2.20. The highest BCUT2D eigenvalue weighted by Crippen LogP contribution is 2.10. The number of ether oxygens (including phenoxy) is 2. The van der Waals surface area contributed by atoms with Gasteiger partial charge in [-0.15, -0.1) is 0 Å². The van der Waals surface area contributed by atoms with E-state index in [0.29, 0.717) is 5.82 Å². The average Bonchev–Trinajstić information content (AvgIpc) is 2.37. The number of methoxy groups -OCH3 is 2. The van der Waals surface area contributed by atoms with Gasteiger partial charge in [-0.2, -0.15) is 0 Å². The molecule has 0 saturated carbocycles. The second-order valence-electron chi connectivity index (χ2n) is 3.31. The van der Waals surface area contributed by atoms with Crippen LogP contribution in [0.2, 0.25) is 0 Å². The van der Waals surface area contributed by atoms with E-state index in [1.807, 2.05) is 0 Å². The van der Waals surface area contributed by atoms with E-state index in [-0.39, 0.29) is 18.9 Å². The molecule has 1 rings (SSSR count). The van der Waals surface area contributed by atoms with E-state index in [9.17, 15) is 9.59 Å². The topological polar surface area (TPSA) is 108 Å². The number of hydrogen-bond donors (Lipinski definition) is 1. The molecule has 0 fully saturated rings. The van der Waals surface area contributed by atoms with Gasteiger partial charge in [-0.05, 0) is 0 Å². The number of nitrogen functional groups attached to an aromatic ring is 1. The molecule has 2 N–H and O–H groups in total. The van der Waals surface area contributed by atoms with Gasteiger partial charge < -0.3 is 20.1 Å². The second-order valence-corrected chi connectivity index (χ2v) is 3.31. The van der Waals surface area contributed by atoms with Gasteiger partial charge in [0.05, 0.1) is 26.6 Å². The maximum absolute atomic E-state index is 11.3. The molecular formula is C10H14N4O4. The molecule has 0 saturated heterocycles. The third kappa shape index (κ3) is 3.89. The minimum atomic E-state index is -0.511. The van der Waals surface area contributed by atoms with Crippen molar-refractivity contribution in [1.82, 2.24) is 9.97 Å². The number of nitrogens with two attached hydrogens (primary N) is 1. The third-order valence-electron chi connectivity index (χ3n) is 2.06. The van der Waals surface area contributed by atoms with Gasteiger partial charge in [-0.3, -0.25) is 14.6 Å². The summed E-state index contributed by atoms with van der Waals surface area (Å²) in [6, 6.07) is 0. The maximum Gasteiger partial charge on any atom is 0.325 e. The fourth-order valence-corrected chi connectivity index (χ4v) is 1.18. The maximum atomic E-state index is 11.3. The van der Waals surface area contributed by atoms with Crippen molar-refractivity contribution in [3.8, 4) is 0 Å². The monoisotopic (exact) mass is 254 g/mol. The summed E-state index contributed by atoms with van der Waals surface area (Å²) in [5.41, 5.74) is 5.49. The molecule has 0 unspecified atom stereocenters. The molecule has 0 radical (unpaired) electrons. The SMILES string of the molecule is COC(=O)CN(CC(=O)OC)c1cncc(N)n1. The summed E-state index contributed by atoms with van der Waals surface area (Å²) in [4.78, 5) is 31.7. The number of nitrogens with zero attached hydrogens (tertiary/aromatic N) is 3. The Labute approximate surface area is 104 Å². The number of aromatic nitrogens is 2. The van der Waals surface area contributed by atoms with Gasteiger partial charge in [0.1, 0.15) is 18.9 Å². The summed E-state index contributed by atoms with van der Waals surface area (Å²) >= 11 is 0. The van der Waals surface area contributed by atoms with Crippen molar-refractivity contribution in [2.75, 3.05) is 37.9 Å². The molecular weight excluding hydrogens is 240 g/mol. The standard InChI is InChI=1S/C10H14N4O4/c1-17-9(15)5-14(6-10(16)18-2)8-4-12-3-7(11)13-8/h3-4H,5-6H2,1-2H3,(H2,11,13).